The first-order valence-electron chi connectivity index (χ1n) is 13.1. The molecule has 210 valence electrons. The van der Waals surface area contributed by atoms with E-state index in [1.165, 1.54) is 0 Å². The smallest absolute Gasteiger partial charge is 0.320 e. The topological polar surface area (TPSA) is 79.8 Å². The van der Waals surface area contributed by atoms with Crippen molar-refractivity contribution in [3.05, 3.63) is 0 Å². The number of nitrogens with one attached hydrogen (secondary N) is 1. The fourth-order valence-corrected chi connectivity index (χ4v) is 8.72. The average molecular weight is 561 g/mol. The van der Waals surface area contributed by atoms with Crippen molar-refractivity contribution < 1.29 is 27.1 Å². The molecule has 0 amide bonds. The maximum absolute atomic E-state index is 6.45. The van der Waals surface area contributed by atoms with Gasteiger partial charge in [-0.1, -0.05) is 83.1 Å². The van der Waals surface area contributed by atoms with Crippen LogP contribution in [0.3, 0.4) is 0 Å². The Morgan fingerprint density at radius 3 is 1.23 bits per heavy atom. The van der Waals surface area contributed by atoms with Gasteiger partial charge in [0.15, 0.2) is 0 Å². The maximum atomic E-state index is 6.45. The first-order chi connectivity index (χ1) is 16.2. The van der Waals surface area contributed by atoms with Crippen molar-refractivity contribution in [2.24, 2.45) is 40.0 Å². The second-order valence-corrected chi connectivity index (χ2v) is 16.4. The lowest BCUT2D eigenvalue weighted by Crippen LogP contribution is -2.21. The first-order valence-corrected chi connectivity index (χ1v) is 16.9. The van der Waals surface area contributed by atoms with Crippen LogP contribution in [0.5, 0.6) is 0 Å². The Hall–Kier alpha value is 0.680. The second-order valence-electron chi connectivity index (χ2n) is 11.3. The van der Waals surface area contributed by atoms with E-state index in [2.05, 4.69) is 87.9 Å². The Morgan fingerprint density at radius 1 is 0.571 bits per heavy atom. The maximum Gasteiger partial charge on any atom is 0.605 e. The van der Waals surface area contributed by atoms with E-state index in [-0.39, 0.29) is 0 Å². The summed E-state index contributed by atoms with van der Waals surface area (Å²) in [5.74, 6) is 2.03. The number of rotatable bonds is 21. The Kier molecular flexibility index (Phi) is 20.1. The second kappa shape index (κ2) is 19.7. The standard InChI is InChI=1S/C24H55N2O6P3/c1-19(2)13-27-33(28-14-20(3)4)25-35(31-17-23(9)10,32-18-24(11)12)26-34(29-15-21(5)6)30-16-22(7)8/h19-25H,13-18H2,1-12H3/q+2. The summed E-state index contributed by atoms with van der Waals surface area (Å²) in [6.45, 7) is 28.5. The van der Waals surface area contributed by atoms with Crippen molar-refractivity contribution in [2.75, 3.05) is 39.6 Å². The molecular weight excluding hydrogens is 505 g/mol. The Labute approximate surface area is 219 Å². The van der Waals surface area contributed by atoms with E-state index in [4.69, 9.17) is 31.7 Å². The lowest BCUT2D eigenvalue weighted by molar-refractivity contribution is 0.179. The minimum atomic E-state index is -3.02. The predicted octanol–water partition coefficient (Wildman–Crippen LogP) is 9.01. The lowest BCUT2D eigenvalue weighted by atomic mass is 10.2. The third kappa shape index (κ3) is 20.3. The molecule has 0 rings (SSSR count). The average Bonchev–Trinajstić information content (AvgIpc) is 2.74. The predicted molar refractivity (Wildman–Crippen MR) is 151 cm³/mol. The number of hydrogen-bond donors (Lipinski definition) is 1. The summed E-state index contributed by atoms with van der Waals surface area (Å²) in [7, 11) is -6.11. The third-order valence-electron chi connectivity index (χ3n) is 3.65. The van der Waals surface area contributed by atoms with Crippen LogP contribution in [0.25, 0.3) is 0 Å². The van der Waals surface area contributed by atoms with Crippen molar-refractivity contribution in [1.29, 1.82) is 0 Å². The van der Waals surface area contributed by atoms with Gasteiger partial charge in [-0.25, -0.2) is 0 Å². The summed E-state index contributed by atoms with van der Waals surface area (Å²) in [4.78, 5) is 3.47. The van der Waals surface area contributed by atoms with Crippen LogP contribution in [-0.2, 0) is 27.1 Å². The highest BCUT2D eigenvalue weighted by Gasteiger charge is 2.55. The molecule has 0 saturated heterocycles. The molecule has 0 heterocycles. The molecule has 0 atom stereocenters. The van der Waals surface area contributed by atoms with Gasteiger partial charge in [-0.2, -0.15) is 9.05 Å². The Balaban J connectivity index is 6.27. The van der Waals surface area contributed by atoms with Crippen molar-refractivity contribution in [1.82, 2.24) is 4.86 Å². The van der Waals surface area contributed by atoms with Crippen LogP contribution in [0.1, 0.15) is 83.1 Å². The Morgan fingerprint density at radius 2 is 0.914 bits per heavy atom. The molecule has 0 saturated carbocycles. The third-order valence-corrected chi connectivity index (χ3v) is 9.35. The molecule has 0 unspecified atom stereocenters. The van der Waals surface area contributed by atoms with Gasteiger partial charge in [0.25, 0.3) is 8.53 Å². The van der Waals surface area contributed by atoms with Gasteiger partial charge in [0.2, 0.25) is 4.52 Å². The highest BCUT2D eigenvalue weighted by Crippen LogP contribution is 2.68. The summed E-state index contributed by atoms with van der Waals surface area (Å²) >= 11 is 0. The van der Waals surface area contributed by atoms with Crippen molar-refractivity contribution >= 4 is 24.7 Å². The fourth-order valence-electron chi connectivity index (χ4n) is 1.91. The number of nitrogens with zero attached hydrogens (tertiary/aromatic N) is 1. The van der Waals surface area contributed by atoms with E-state index in [1.807, 2.05) is 0 Å². The van der Waals surface area contributed by atoms with Crippen LogP contribution in [0, 0.1) is 35.5 Å². The van der Waals surface area contributed by atoms with Crippen molar-refractivity contribution in [2.45, 2.75) is 83.1 Å². The molecule has 0 fully saturated rings. The van der Waals surface area contributed by atoms with E-state index in [9.17, 15) is 0 Å². The summed E-state index contributed by atoms with van der Waals surface area (Å²) in [5.41, 5.74) is 0. The zero-order chi connectivity index (χ0) is 27.0. The first kappa shape index (κ1) is 35.7. The highest BCUT2D eigenvalue weighted by atomic mass is 31.3. The van der Waals surface area contributed by atoms with Crippen LogP contribution in [0.4, 0.5) is 0 Å². The highest BCUT2D eigenvalue weighted by molar-refractivity contribution is 7.74. The molecule has 1 N–H and O–H groups in total. The largest absolute Gasteiger partial charge is 0.605 e. The molecule has 0 aliphatic rings. The van der Waals surface area contributed by atoms with Crippen LogP contribution < -0.4 is 4.86 Å². The zero-order valence-corrected chi connectivity index (χ0v) is 27.1. The lowest BCUT2D eigenvalue weighted by Gasteiger charge is -2.23. The molecule has 35 heavy (non-hydrogen) atoms. The minimum Gasteiger partial charge on any atom is -0.320 e. The van der Waals surface area contributed by atoms with E-state index < -0.39 is 24.7 Å². The van der Waals surface area contributed by atoms with Gasteiger partial charge in [-0.3, -0.25) is 0 Å². The minimum absolute atomic E-state index is 0.299. The van der Waals surface area contributed by atoms with Gasteiger partial charge in [0, 0.05) is 0 Å². The normalized spacial score (nSPS) is 13.0. The summed E-state index contributed by atoms with van der Waals surface area (Å²) < 4.78 is 42.5. The Bertz CT molecular complexity index is 525. The van der Waals surface area contributed by atoms with Crippen LogP contribution in [-0.4, -0.2) is 39.6 Å². The summed E-state index contributed by atoms with van der Waals surface area (Å²) in [5, 5.41) is 0. The summed E-state index contributed by atoms with van der Waals surface area (Å²) in [6.07, 6.45) is 0. The van der Waals surface area contributed by atoms with Gasteiger partial charge in [-0.05, 0) is 40.4 Å². The van der Waals surface area contributed by atoms with E-state index in [0.717, 1.165) is 0 Å². The van der Waals surface area contributed by atoms with Crippen LogP contribution >= 0.6 is 24.7 Å². The van der Waals surface area contributed by atoms with Crippen LogP contribution in [0.2, 0.25) is 0 Å². The van der Waals surface area contributed by atoms with Gasteiger partial charge >= 0.3 is 16.2 Å². The molecule has 8 nitrogen and oxygen atoms in total. The SMILES string of the molecule is CC(C)COP(N[P+](N=[P+](OCC(C)C)OCC(C)C)(OCC(C)C)OCC(C)C)OCC(C)C. The van der Waals surface area contributed by atoms with Crippen LogP contribution in [0.15, 0.2) is 4.52 Å². The molecule has 0 aromatic carbocycles. The molecular formula is C24H55N2O6P3+2. The van der Waals surface area contributed by atoms with E-state index in [1.54, 1.807) is 0 Å². The van der Waals surface area contributed by atoms with E-state index >= 15 is 0 Å². The summed E-state index contributed by atoms with van der Waals surface area (Å²) in [6, 6.07) is 0. The van der Waals surface area contributed by atoms with Gasteiger partial charge < -0.3 is 9.05 Å². The van der Waals surface area contributed by atoms with Crippen molar-refractivity contribution in [3.8, 4) is 0 Å². The van der Waals surface area contributed by atoms with Gasteiger partial charge in [-0.15, -0.1) is 9.05 Å². The molecule has 0 aliphatic heterocycles. The monoisotopic (exact) mass is 560 g/mol. The van der Waals surface area contributed by atoms with Gasteiger partial charge in [0.05, 0.1) is 13.2 Å². The molecule has 0 aromatic heterocycles. The molecule has 0 radical (unpaired) electrons. The molecule has 0 bridgehead atoms. The number of hydrogen-bond acceptors (Lipinski definition) is 8. The molecule has 0 aliphatic carbocycles. The van der Waals surface area contributed by atoms with Crippen molar-refractivity contribution in [3.63, 3.8) is 0 Å². The fraction of sp³-hybridized carbons (Fsp3) is 1.00. The van der Waals surface area contributed by atoms with E-state index in [0.29, 0.717) is 75.1 Å². The zero-order valence-electron chi connectivity index (χ0n) is 24.4. The molecule has 0 spiro atoms. The molecule has 0 aromatic rings. The molecule has 11 heteroatoms. The van der Waals surface area contributed by atoms with Gasteiger partial charge in [0.1, 0.15) is 26.4 Å². The quantitative estimate of drug-likeness (QED) is 0.140.